The van der Waals surface area contributed by atoms with Crippen molar-refractivity contribution in [1.29, 1.82) is 0 Å². The highest BCUT2D eigenvalue weighted by Gasteiger charge is 2.16. The van der Waals surface area contributed by atoms with Gasteiger partial charge >= 0.3 is 0 Å². The van der Waals surface area contributed by atoms with Gasteiger partial charge in [0.25, 0.3) is 5.91 Å². The van der Waals surface area contributed by atoms with E-state index in [1.165, 1.54) is 0 Å². The van der Waals surface area contributed by atoms with Gasteiger partial charge in [-0.25, -0.2) is 0 Å². The largest absolute Gasteiger partial charge is 0.481 e. The third kappa shape index (κ3) is 3.48. The molecule has 0 saturated heterocycles. The standard InChI is InChI=1S/C14H21NO2/c1-9(2)12-7-6-10(3)8-13(12)17-11(4)14(16)15-5/h6-9,11H,1-5H3,(H,15,16)/t11-/m1/s1. The average molecular weight is 235 g/mol. The van der Waals surface area contributed by atoms with Crippen LogP contribution in [0.4, 0.5) is 0 Å². The second-order valence-corrected chi connectivity index (χ2v) is 4.57. The van der Waals surface area contributed by atoms with Crippen LogP contribution in [0.3, 0.4) is 0 Å². The lowest BCUT2D eigenvalue weighted by atomic mass is 10.0. The summed E-state index contributed by atoms with van der Waals surface area (Å²) in [6, 6.07) is 6.10. The van der Waals surface area contributed by atoms with Crippen LogP contribution in [0.2, 0.25) is 0 Å². The van der Waals surface area contributed by atoms with Gasteiger partial charge in [0.15, 0.2) is 6.10 Å². The Morgan fingerprint density at radius 3 is 2.47 bits per heavy atom. The zero-order valence-electron chi connectivity index (χ0n) is 11.2. The minimum absolute atomic E-state index is 0.110. The zero-order chi connectivity index (χ0) is 13.0. The molecule has 3 heteroatoms. The van der Waals surface area contributed by atoms with Crippen molar-refractivity contribution < 1.29 is 9.53 Å². The summed E-state index contributed by atoms with van der Waals surface area (Å²) in [7, 11) is 1.61. The molecule has 0 unspecified atom stereocenters. The Balaban J connectivity index is 2.96. The van der Waals surface area contributed by atoms with Gasteiger partial charge < -0.3 is 10.1 Å². The van der Waals surface area contributed by atoms with Crippen molar-refractivity contribution in [2.75, 3.05) is 7.05 Å². The molecule has 0 aliphatic rings. The van der Waals surface area contributed by atoms with E-state index in [4.69, 9.17) is 4.74 Å². The number of ether oxygens (including phenoxy) is 1. The van der Waals surface area contributed by atoms with E-state index >= 15 is 0 Å². The van der Waals surface area contributed by atoms with Crippen LogP contribution in [0.15, 0.2) is 18.2 Å². The van der Waals surface area contributed by atoms with E-state index in [2.05, 4.69) is 31.3 Å². The molecule has 1 aromatic rings. The van der Waals surface area contributed by atoms with Gasteiger partial charge in [0.1, 0.15) is 5.75 Å². The summed E-state index contributed by atoms with van der Waals surface area (Å²) in [5.74, 6) is 1.07. The molecule has 1 rings (SSSR count). The molecule has 1 N–H and O–H groups in total. The Morgan fingerprint density at radius 1 is 1.29 bits per heavy atom. The molecule has 0 spiro atoms. The molecule has 0 aliphatic carbocycles. The molecule has 0 saturated carbocycles. The normalized spacial score (nSPS) is 12.4. The first-order valence-corrected chi connectivity index (χ1v) is 5.94. The highest BCUT2D eigenvalue weighted by atomic mass is 16.5. The molecule has 0 aliphatic heterocycles. The molecule has 1 atom stereocenters. The van der Waals surface area contributed by atoms with Gasteiger partial charge in [0, 0.05) is 7.05 Å². The third-order valence-electron chi connectivity index (χ3n) is 2.71. The SMILES string of the molecule is CNC(=O)[C@@H](C)Oc1cc(C)ccc1C(C)C. The fourth-order valence-corrected chi connectivity index (χ4v) is 1.67. The van der Waals surface area contributed by atoms with E-state index in [1.807, 2.05) is 13.0 Å². The summed E-state index contributed by atoms with van der Waals surface area (Å²) < 4.78 is 5.73. The second-order valence-electron chi connectivity index (χ2n) is 4.57. The number of amides is 1. The minimum Gasteiger partial charge on any atom is -0.481 e. The molecule has 94 valence electrons. The van der Waals surface area contributed by atoms with Gasteiger partial charge in [-0.1, -0.05) is 26.0 Å². The minimum atomic E-state index is -0.473. The van der Waals surface area contributed by atoms with Crippen molar-refractivity contribution in [1.82, 2.24) is 5.32 Å². The van der Waals surface area contributed by atoms with Gasteiger partial charge in [-0.05, 0) is 37.0 Å². The molecule has 1 aromatic carbocycles. The summed E-state index contributed by atoms with van der Waals surface area (Å²) in [6.45, 7) is 8.00. The quantitative estimate of drug-likeness (QED) is 0.871. The number of carbonyl (C=O) groups is 1. The number of rotatable bonds is 4. The first-order valence-electron chi connectivity index (χ1n) is 5.94. The van der Waals surface area contributed by atoms with Crippen LogP contribution in [-0.4, -0.2) is 19.1 Å². The number of aryl methyl sites for hydroxylation is 1. The Labute approximate surface area is 103 Å². The molecule has 0 fully saturated rings. The molecular formula is C14H21NO2. The Hall–Kier alpha value is -1.51. The lowest BCUT2D eigenvalue weighted by Crippen LogP contribution is -2.34. The molecular weight excluding hydrogens is 214 g/mol. The van der Waals surface area contributed by atoms with Gasteiger partial charge in [0.2, 0.25) is 0 Å². The van der Waals surface area contributed by atoms with Crippen molar-refractivity contribution in [2.45, 2.75) is 39.7 Å². The number of nitrogens with one attached hydrogen (secondary N) is 1. The molecule has 17 heavy (non-hydrogen) atoms. The summed E-state index contributed by atoms with van der Waals surface area (Å²) >= 11 is 0. The van der Waals surface area contributed by atoms with Crippen molar-refractivity contribution in [3.63, 3.8) is 0 Å². The monoisotopic (exact) mass is 235 g/mol. The number of hydrogen-bond acceptors (Lipinski definition) is 2. The second kappa shape index (κ2) is 5.71. The third-order valence-corrected chi connectivity index (χ3v) is 2.71. The van der Waals surface area contributed by atoms with Crippen molar-refractivity contribution >= 4 is 5.91 Å². The maximum absolute atomic E-state index is 11.4. The Kier molecular flexibility index (Phi) is 4.55. The highest BCUT2D eigenvalue weighted by Crippen LogP contribution is 2.28. The number of carbonyl (C=O) groups excluding carboxylic acids is 1. The number of hydrogen-bond donors (Lipinski definition) is 1. The van der Waals surface area contributed by atoms with Crippen LogP contribution in [0, 0.1) is 6.92 Å². The zero-order valence-corrected chi connectivity index (χ0v) is 11.2. The van der Waals surface area contributed by atoms with Gasteiger partial charge in [0.05, 0.1) is 0 Å². The van der Waals surface area contributed by atoms with Crippen LogP contribution in [0.5, 0.6) is 5.75 Å². The molecule has 1 amide bonds. The van der Waals surface area contributed by atoms with Crippen molar-refractivity contribution in [3.8, 4) is 5.75 Å². The van der Waals surface area contributed by atoms with Gasteiger partial charge in [-0.3, -0.25) is 4.79 Å². The number of benzene rings is 1. The fraction of sp³-hybridized carbons (Fsp3) is 0.500. The number of likely N-dealkylation sites (N-methyl/N-ethyl adjacent to an activating group) is 1. The maximum Gasteiger partial charge on any atom is 0.260 e. The molecule has 0 heterocycles. The van der Waals surface area contributed by atoms with E-state index in [9.17, 15) is 4.79 Å². The van der Waals surface area contributed by atoms with Crippen LogP contribution in [0.25, 0.3) is 0 Å². The van der Waals surface area contributed by atoms with E-state index < -0.39 is 6.10 Å². The smallest absolute Gasteiger partial charge is 0.260 e. The lowest BCUT2D eigenvalue weighted by Gasteiger charge is -2.18. The Morgan fingerprint density at radius 2 is 1.94 bits per heavy atom. The Bertz CT molecular complexity index is 399. The highest BCUT2D eigenvalue weighted by molar-refractivity contribution is 5.80. The van der Waals surface area contributed by atoms with E-state index in [1.54, 1.807) is 14.0 Å². The maximum atomic E-state index is 11.4. The lowest BCUT2D eigenvalue weighted by molar-refractivity contribution is -0.126. The van der Waals surface area contributed by atoms with Crippen LogP contribution >= 0.6 is 0 Å². The summed E-state index contributed by atoms with van der Waals surface area (Å²) in [5.41, 5.74) is 2.26. The summed E-state index contributed by atoms with van der Waals surface area (Å²) in [4.78, 5) is 11.4. The summed E-state index contributed by atoms with van der Waals surface area (Å²) in [6.07, 6.45) is -0.473. The summed E-state index contributed by atoms with van der Waals surface area (Å²) in [5, 5.41) is 2.58. The molecule has 0 bridgehead atoms. The topological polar surface area (TPSA) is 38.3 Å². The predicted molar refractivity (Wildman–Crippen MR) is 69.4 cm³/mol. The van der Waals surface area contributed by atoms with Crippen LogP contribution < -0.4 is 10.1 Å². The molecule has 0 aromatic heterocycles. The predicted octanol–water partition coefficient (Wildman–Crippen LogP) is 2.63. The van der Waals surface area contributed by atoms with E-state index in [-0.39, 0.29) is 5.91 Å². The van der Waals surface area contributed by atoms with Crippen molar-refractivity contribution in [3.05, 3.63) is 29.3 Å². The fourth-order valence-electron chi connectivity index (χ4n) is 1.67. The van der Waals surface area contributed by atoms with E-state index in [0.29, 0.717) is 5.92 Å². The van der Waals surface area contributed by atoms with Gasteiger partial charge in [-0.2, -0.15) is 0 Å². The molecule has 3 nitrogen and oxygen atoms in total. The molecule has 0 radical (unpaired) electrons. The van der Waals surface area contributed by atoms with Crippen LogP contribution in [-0.2, 0) is 4.79 Å². The van der Waals surface area contributed by atoms with Crippen LogP contribution in [0.1, 0.15) is 37.8 Å². The first kappa shape index (κ1) is 13.6. The first-order chi connectivity index (χ1) is 7.95. The average Bonchev–Trinajstić information content (AvgIpc) is 2.27. The van der Waals surface area contributed by atoms with Crippen molar-refractivity contribution in [2.24, 2.45) is 0 Å². The van der Waals surface area contributed by atoms with Gasteiger partial charge in [-0.15, -0.1) is 0 Å². The van der Waals surface area contributed by atoms with E-state index in [0.717, 1.165) is 16.9 Å².